The van der Waals surface area contributed by atoms with Gasteiger partial charge in [0.05, 0.1) is 6.10 Å². The molecule has 0 aromatic heterocycles. The molecule has 0 radical (unpaired) electrons. The van der Waals surface area contributed by atoms with Crippen LogP contribution >= 0.6 is 0 Å². The number of β-amino-alcohol motifs (C(OH)–C–C–N with tert-alkyl or cyclic N) is 1. The van der Waals surface area contributed by atoms with E-state index in [1.807, 2.05) is 0 Å². The molecule has 15 heavy (non-hydrogen) atoms. The standard InChI is InChI=1S/C9H16N2O4/c10-9(15)7-4-6(13)5-11(7)8(14)2-1-3-12/h6-7,12-13H,1-5H2,(H2,10,15). The molecule has 0 saturated carbocycles. The lowest BCUT2D eigenvalue weighted by Crippen LogP contribution is -2.43. The second kappa shape index (κ2) is 5.09. The molecule has 1 rings (SSSR count). The summed E-state index contributed by atoms with van der Waals surface area (Å²) in [6, 6.07) is -0.703. The molecule has 1 heterocycles. The van der Waals surface area contributed by atoms with Crippen molar-refractivity contribution >= 4 is 11.8 Å². The van der Waals surface area contributed by atoms with Gasteiger partial charge in [-0.2, -0.15) is 0 Å². The molecular weight excluding hydrogens is 200 g/mol. The molecule has 0 aromatic carbocycles. The average Bonchev–Trinajstić information content (AvgIpc) is 2.57. The molecule has 1 aliphatic heterocycles. The first kappa shape index (κ1) is 11.9. The minimum atomic E-state index is -0.703. The van der Waals surface area contributed by atoms with Crippen molar-refractivity contribution < 1.29 is 19.8 Å². The summed E-state index contributed by atoms with van der Waals surface area (Å²) in [7, 11) is 0. The van der Waals surface area contributed by atoms with E-state index in [1.54, 1.807) is 0 Å². The first-order valence-corrected chi connectivity index (χ1v) is 4.94. The number of hydrogen-bond donors (Lipinski definition) is 3. The summed E-state index contributed by atoms with van der Waals surface area (Å²) in [4.78, 5) is 23.9. The zero-order chi connectivity index (χ0) is 11.4. The topological polar surface area (TPSA) is 104 Å². The fourth-order valence-electron chi connectivity index (χ4n) is 1.73. The third-order valence-corrected chi connectivity index (χ3v) is 2.48. The van der Waals surface area contributed by atoms with Gasteiger partial charge < -0.3 is 20.8 Å². The Morgan fingerprint density at radius 3 is 2.67 bits per heavy atom. The number of aliphatic hydroxyl groups excluding tert-OH is 2. The third kappa shape index (κ3) is 2.90. The highest BCUT2D eigenvalue weighted by atomic mass is 16.3. The van der Waals surface area contributed by atoms with E-state index in [9.17, 15) is 14.7 Å². The summed E-state index contributed by atoms with van der Waals surface area (Å²) in [6.45, 7) is 0.0846. The van der Waals surface area contributed by atoms with Crippen LogP contribution in [0, 0.1) is 0 Å². The minimum absolute atomic E-state index is 0.0661. The van der Waals surface area contributed by atoms with Gasteiger partial charge in [0.15, 0.2) is 0 Å². The molecule has 0 aliphatic carbocycles. The Morgan fingerprint density at radius 2 is 2.13 bits per heavy atom. The lowest BCUT2D eigenvalue weighted by Gasteiger charge is -2.21. The number of rotatable bonds is 4. The summed E-state index contributed by atoms with van der Waals surface area (Å²) < 4.78 is 0. The molecule has 1 fully saturated rings. The van der Waals surface area contributed by atoms with Gasteiger partial charge in [-0.05, 0) is 6.42 Å². The summed E-state index contributed by atoms with van der Waals surface area (Å²) in [5, 5.41) is 17.9. The number of carbonyl (C=O) groups excluding carboxylic acids is 2. The molecular formula is C9H16N2O4. The molecule has 2 unspecified atom stereocenters. The number of amides is 2. The molecule has 0 spiro atoms. The van der Waals surface area contributed by atoms with E-state index in [0.717, 1.165) is 0 Å². The first-order chi connectivity index (χ1) is 7.06. The molecule has 1 aliphatic rings. The smallest absolute Gasteiger partial charge is 0.240 e. The molecule has 2 atom stereocenters. The number of hydrogen-bond acceptors (Lipinski definition) is 4. The Labute approximate surface area is 87.7 Å². The normalized spacial score (nSPS) is 25.6. The fraction of sp³-hybridized carbons (Fsp3) is 0.778. The van der Waals surface area contributed by atoms with Crippen molar-refractivity contribution in [1.29, 1.82) is 0 Å². The van der Waals surface area contributed by atoms with E-state index in [0.29, 0.717) is 6.42 Å². The SMILES string of the molecule is NC(=O)C1CC(O)CN1C(=O)CCCO. The Morgan fingerprint density at radius 1 is 1.47 bits per heavy atom. The summed E-state index contributed by atoms with van der Waals surface area (Å²) in [5.41, 5.74) is 5.12. The van der Waals surface area contributed by atoms with E-state index >= 15 is 0 Å². The van der Waals surface area contributed by atoms with E-state index in [1.165, 1.54) is 4.90 Å². The van der Waals surface area contributed by atoms with Crippen LogP contribution in [-0.2, 0) is 9.59 Å². The van der Waals surface area contributed by atoms with Crippen LogP contribution < -0.4 is 5.73 Å². The number of primary amides is 1. The molecule has 6 heteroatoms. The lowest BCUT2D eigenvalue weighted by atomic mass is 10.2. The second-order valence-corrected chi connectivity index (χ2v) is 3.68. The fourth-order valence-corrected chi connectivity index (χ4v) is 1.73. The van der Waals surface area contributed by atoms with E-state index in [-0.39, 0.29) is 31.9 Å². The highest BCUT2D eigenvalue weighted by Crippen LogP contribution is 2.18. The van der Waals surface area contributed by atoms with Gasteiger partial charge in [-0.3, -0.25) is 9.59 Å². The van der Waals surface area contributed by atoms with Crippen molar-refractivity contribution in [2.45, 2.75) is 31.4 Å². The maximum absolute atomic E-state index is 11.6. The van der Waals surface area contributed by atoms with Crippen LogP contribution in [0.1, 0.15) is 19.3 Å². The average molecular weight is 216 g/mol. The Bertz CT molecular complexity index is 256. The lowest BCUT2D eigenvalue weighted by molar-refractivity contribution is -0.137. The van der Waals surface area contributed by atoms with E-state index in [2.05, 4.69) is 0 Å². The monoisotopic (exact) mass is 216 g/mol. The summed E-state index contributed by atoms with van der Waals surface area (Å²) >= 11 is 0. The number of aliphatic hydroxyl groups is 2. The summed E-state index contributed by atoms with van der Waals surface area (Å²) in [5.74, 6) is -0.840. The predicted octanol–water partition coefficient (Wildman–Crippen LogP) is -1.79. The van der Waals surface area contributed by atoms with Crippen molar-refractivity contribution in [2.75, 3.05) is 13.2 Å². The van der Waals surface area contributed by atoms with Gasteiger partial charge in [0.1, 0.15) is 6.04 Å². The van der Waals surface area contributed by atoms with Gasteiger partial charge in [0, 0.05) is 26.0 Å². The molecule has 2 amide bonds. The third-order valence-electron chi connectivity index (χ3n) is 2.48. The molecule has 1 saturated heterocycles. The van der Waals surface area contributed by atoms with Gasteiger partial charge in [0.2, 0.25) is 11.8 Å². The van der Waals surface area contributed by atoms with Crippen molar-refractivity contribution in [3.05, 3.63) is 0 Å². The van der Waals surface area contributed by atoms with Crippen LogP contribution in [-0.4, -0.2) is 52.2 Å². The summed E-state index contributed by atoms with van der Waals surface area (Å²) in [6.07, 6.45) is 0.0602. The van der Waals surface area contributed by atoms with Crippen molar-refractivity contribution in [1.82, 2.24) is 4.90 Å². The van der Waals surface area contributed by atoms with E-state index < -0.39 is 18.1 Å². The molecule has 86 valence electrons. The molecule has 0 bridgehead atoms. The predicted molar refractivity (Wildman–Crippen MR) is 51.6 cm³/mol. The maximum Gasteiger partial charge on any atom is 0.240 e. The highest BCUT2D eigenvalue weighted by molar-refractivity contribution is 5.87. The Kier molecular flexibility index (Phi) is 4.05. The quantitative estimate of drug-likeness (QED) is 0.516. The maximum atomic E-state index is 11.6. The van der Waals surface area contributed by atoms with Crippen molar-refractivity contribution in [3.8, 4) is 0 Å². The van der Waals surface area contributed by atoms with Gasteiger partial charge in [0.25, 0.3) is 0 Å². The highest BCUT2D eigenvalue weighted by Gasteiger charge is 2.37. The number of nitrogens with two attached hydrogens (primary N) is 1. The minimum Gasteiger partial charge on any atom is -0.396 e. The van der Waals surface area contributed by atoms with Crippen LogP contribution in [0.2, 0.25) is 0 Å². The number of nitrogens with zero attached hydrogens (tertiary/aromatic N) is 1. The zero-order valence-corrected chi connectivity index (χ0v) is 8.43. The van der Waals surface area contributed by atoms with Crippen LogP contribution in [0.15, 0.2) is 0 Å². The van der Waals surface area contributed by atoms with Gasteiger partial charge in [-0.15, -0.1) is 0 Å². The van der Waals surface area contributed by atoms with Crippen LogP contribution in [0.4, 0.5) is 0 Å². The van der Waals surface area contributed by atoms with Gasteiger partial charge in [-0.25, -0.2) is 0 Å². The Hall–Kier alpha value is -1.14. The molecule has 0 aromatic rings. The van der Waals surface area contributed by atoms with Gasteiger partial charge in [-0.1, -0.05) is 0 Å². The molecule has 4 N–H and O–H groups in total. The Balaban J connectivity index is 2.58. The van der Waals surface area contributed by atoms with Crippen LogP contribution in [0.3, 0.4) is 0 Å². The largest absolute Gasteiger partial charge is 0.396 e. The van der Waals surface area contributed by atoms with Crippen molar-refractivity contribution in [3.63, 3.8) is 0 Å². The number of carbonyl (C=O) groups is 2. The van der Waals surface area contributed by atoms with E-state index in [4.69, 9.17) is 10.8 Å². The second-order valence-electron chi connectivity index (χ2n) is 3.68. The van der Waals surface area contributed by atoms with Crippen LogP contribution in [0.25, 0.3) is 0 Å². The zero-order valence-electron chi connectivity index (χ0n) is 8.43. The van der Waals surface area contributed by atoms with Gasteiger partial charge >= 0.3 is 0 Å². The van der Waals surface area contributed by atoms with Crippen molar-refractivity contribution in [2.24, 2.45) is 5.73 Å². The van der Waals surface area contributed by atoms with Crippen LogP contribution in [0.5, 0.6) is 0 Å². The first-order valence-electron chi connectivity index (χ1n) is 4.94. The molecule has 6 nitrogen and oxygen atoms in total. The number of likely N-dealkylation sites (tertiary alicyclic amines) is 1.